The van der Waals surface area contributed by atoms with E-state index in [0.29, 0.717) is 29.7 Å². The molecule has 1 atom stereocenters. The summed E-state index contributed by atoms with van der Waals surface area (Å²) in [4.78, 5) is 48.9. The van der Waals surface area contributed by atoms with Gasteiger partial charge < -0.3 is 14.8 Å². The minimum Gasteiger partial charge on any atom is -0.345 e. The van der Waals surface area contributed by atoms with Crippen molar-refractivity contribution in [3.8, 4) is 0 Å². The van der Waals surface area contributed by atoms with Crippen molar-refractivity contribution in [1.29, 1.82) is 0 Å². The summed E-state index contributed by atoms with van der Waals surface area (Å²) in [6, 6.07) is 3.44. The molecule has 1 fully saturated rings. The third kappa shape index (κ3) is 3.47. The largest absolute Gasteiger partial charge is 0.345 e. The van der Waals surface area contributed by atoms with Gasteiger partial charge in [-0.25, -0.2) is 4.98 Å². The number of hydrogen-bond donors (Lipinski definition) is 2. The maximum Gasteiger partial charge on any atom is 0.259 e. The fourth-order valence-electron chi connectivity index (χ4n) is 3.95. The van der Waals surface area contributed by atoms with E-state index >= 15 is 0 Å². The topological polar surface area (TPSA) is 115 Å². The van der Waals surface area contributed by atoms with Gasteiger partial charge in [0.1, 0.15) is 11.2 Å². The van der Waals surface area contributed by atoms with Gasteiger partial charge in [-0.05, 0) is 31.9 Å². The van der Waals surface area contributed by atoms with Gasteiger partial charge in [0.15, 0.2) is 0 Å². The van der Waals surface area contributed by atoms with Gasteiger partial charge in [-0.2, -0.15) is 5.10 Å². The monoisotopic (exact) mass is 408 g/mol. The van der Waals surface area contributed by atoms with E-state index in [1.807, 2.05) is 6.92 Å². The summed E-state index contributed by atoms with van der Waals surface area (Å²) in [5, 5.41) is 7.38. The summed E-state index contributed by atoms with van der Waals surface area (Å²) >= 11 is 0. The van der Waals surface area contributed by atoms with Crippen molar-refractivity contribution in [2.45, 2.75) is 25.7 Å². The predicted molar refractivity (Wildman–Crippen MR) is 112 cm³/mol. The Hall–Kier alpha value is -3.49. The van der Waals surface area contributed by atoms with Crippen molar-refractivity contribution in [2.75, 3.05) is 27.2 Å². The number of fused-ring (bicyclic) bond motifs is 1. The molecule has 0 aromatic carbocycles. The lowest BCUT2D eigenvalue weighted by Gasteiger charge is -2.32. The number of nitrogens with zero attached hydrogens (tertiary/aromatic N) is 4. The van der Waals surface area contributed by atoms with Gasteiger partial charge in [-0.1, -0.05) is 0 Å². The van der Waals surface area contributed by atoms with Crippen molar-refractivity contribution < 1.29 is 9.59 Å². The minimum atomic E-state index is -0.326. The van der Waals surface area contributed by atoms with Crippen LogP contribution in [-0.4, -0.2) is 69.0 Å². The lowest BCUT2D eigenvalue weighted by molar-refractivity contribution is 0.0704. The van der Waals surface area contributed by atoms with Crippen molar-refractivity contribution in [1.82, 2.24) is 30.0 Å². The number of rotatable bonds is 3. The average Bonchev–Trinajstić information content (AvgIpc) is 3.22. The number of aromatic nitrogens is 4. The van der Waals surface area contributed by atoms with Crippen molar-refractivity contribution in [2.24, 2.45) is 0 Å². The highest BCUT2D eigenvalue weighted by molar-refractivity contribution is 5.97. The Morgan fingerprint density at radius 1 is 1.23 bits per heavy atom. The van der Waals surface area contributed by atoms with Crippen LogP contribution in [-0.2, 0) is 0 Å². The van der Waals surface area contributed by atoms with Crippen molar-refractivity contribution >= 4 is 22.8 Å². The van der Waals surface area contributed by atoms with Gasteiger partial charge in [0, 0.05) is 45.0 Å². The van der Waals surface area contributed by atoms with Crippen LogP contribution in [0.5, 0.6) is 0 Å². The highest BCUT2D eigenvalue weighted by Gasteiger charge is 2.30. The van der Waals surface area contributed by atoms with E-state index in [1.54, 1.807) is 31.1 Å². The molecule has 4 rings (SSSR count). The van der Waals surface area contributed by atoms with Crippen LogP contribution in [0.3, 0.4) is 0 Å². The van der Waals surface area contributed by atoms with E-state index in [9.17, 15) is 14.4 Å². The second kappa shape index (κ2) is 7.74. The summed E-state index contributed by atoms with van der Waals surface area (Å²) < 4.78 is 0. The molecule has 1 aliphatic rings. The SMILES string of the molecule is Cc1ccc2c(=O)c(C(=O)N3CCCC(c4[nH]ncc4C(=O)N(C)C)C3)c[nH]c2n1. The number of amides is 2. The number of carbonyl (C=O) groups excluding carboxylic acids is 2. The van der Waals surface area contributed by atoms with Gasteiger partial charge in [0.2, 0.25) is 5.43 Å². The minimum absolute atomic E-state index is 0.0482. The van der Waals surface area contributed by atoms with Crippen LogP contribution in [0, 0.1) is 6.92 Å². The Morgan fingerprint density at radius 3 is 2.80 bits per heavy atom. The molecule has 9 nitrogen and oxygen atoms in total. The molecule has 2 amide bonds. The molecular weight excluding hydrogens is 384 g/mol. The quantitative estimate of drug-likeness (QED) is 0.684. The predicted octanol–water partition coefficient (Wildman–Crippen LogP) is 1.68. The number of piperidine rings is 1. The number of pyridine rings is 2. The zero-order valence-corrected chi connectivity index (χ0v) is 17.2. The Labute approximate surface area is 173 Å². The van der Waals surface area contributed by atoms with Gasteiger partial charge >= 0.3 is 0 Å². The molecule has 0 saturated carbocycles. The number of hydrogen-bond acceptors (Lipinski definition) is 5. The summed E-state index contributed by atoms with van der Waals surface area (Å²) in [5.41, 5.74) is 2.29. The molecule has 2 N–H and O–H groups in total. The van der Waals surface area contributed by atoms with Crippen LogP contribution in [0.25, 0.3) is 11.0 Å². The first kappa shape index (κ1) is 19.8. The van der Waals surface area contributed by atoms with Crippen LogP contribution in [0.4, 0.5) is 0 Å². The number of nitrogens with one attached hydrogen (secondary N) is 2. The molecule has 3 aromatic rings. The molecule has 4 heterocycles. The fraction of sp³-hybridized carbons (Fsp3) is 0.381. The number of carbonyl (C=O) groups is 2. The van der Waals surface area contributed by atoms with Crippen LogP contribution >= 0.6 is 0 Å². The van der Waals surface area contributed by atoms with Gasteiger partial charge in [-0.15, -0.1) is 0 Å². The molecule has 1 aliphatic heterocycles. The third-order valence-electron chi connectivity index (χ3n) is 5.53. The van der Waals surface area contributed by atoms with E-state index in [-0.39, 0.29) is 28.7 Å². The Balaban J connectivity index is 1.61. The maximum atomic E-state index is 13.2. The molecule has 0 radical (unpaired) electrons. The number of aromatic amines is 2. The Morgan fingerprint density at radius 2 is 2.03 bits per heavy atom. The molecule has 0 spiro atoms. The highest BCUT2D eigenvalue weighted by Crippen LogP contribution is 2.29. The lowest BCUT2D eigenvalue weighted by atomic mass is 9.92. The summed E-state index contributed by atoms with van der Waals surface area (Å²) in [7, 11) is 3.39. The van der Waals surface area contributed by atoms with Gasteiger partial charge in [0.05, 0.1) is 22.8 Å². The molecule has 3 aromatic heterocycles. The second-order valence-electron chi connectivity index (χ2n) is 7.87. The van der Waals surface area contributed by atoms with Crippen LogP contribution in [0.15, 0.2) is 29.3 Å². The number of H-pyrrole nitrogens is 2. The highest BCUT2D eigenvalue weighted by atomic mass is 16.2. The first-order chi connectivity index (χ1) is 14.4. The molecule has 156 valence electrons. The van der Waals surface area contributed by atoms with E-state index < -0.39 is 0 Å². The molecular formula is C21H24N6O3. The smallest absolute Gasteiger partial charge is 0.259 e. The first-order valence-electron chi connectivity index (χ1n) is 9.90. The van der Waals surface area contributed by atoms with Crippen molar-refractivity contribution in [3.05, 3.63) is 57.3 Å². The molecule has 1 unspecified atom stereocenters. The zero-order chi connectivity index (χ0) is 21.4. The van der Waals surface area contributed by atoms with Gasteiger partial charge in [-0.3, -0.25) is 19.5 Å². The molecule has 0 aliphatic carbocycles. The standard InChI is InChI=1S/C21H24N6O3/c1-12-6-7-14-18(28)16(9-22-19(14)24-12)21(30)27-8-4-5-13(11-27)17-15(10-23-25-17)20(29)26(2)3/h6-7,9-10,13H,4-5,8,11H2,1-3H3,(H,23,25)(H,22,24,28). The van der Waals surface area contributed by atoms with Crippen LogP contribution < -0.4 is 5.43 Å². The summed E-state index contributed by atoms with van der Waals surface area (Å²) in [6.07, 6.45) is 4.58. The van der Waals surface area contributed by atoms with Crippen LogP contribution in [0.1, 0.15) is 50.9 Å². The Kier molecular flexibility index (Phi) is 5.11. The summed E-state index contributed by atoms with van der Waals surface area (Å²) in [6.45, 7) is 2.82. The third-order valence-corrected chi connectivity index (χ3v) is 5.53. The second-order valence-corrected chi connectivity index (χ2v) is 7.87. The van der Waals surface area contributed by atoms with E-state index in [4.69, 9.17) is 0 Å². The fourth-order valence-corrected chi connectivity index (χ4v) is 3.95. The zero-order valence-electron chi connectivity index (χ0n) is 17.2. The molecule has 9 heteroatoms. The molecule has 30 heavy (non-hydrogen) atoms. The normalized spacial score (nSPS) is 16.6. The average molecular weight is 408 g/mol. The van der Waals surface area contributed by atoms with E-state index in [1.165, 1.54) is 17.3 Å². The number of likely N-dealkylation sites (tertiary alicyclic amines) is 1. The van der Waals surface area contributed by atoms with E-state index in [0.717, 1.165) is 24.2 Å². The van der Waals surface area contributed by atoms with Crippen LogP contribution in [0.2, 0.25) is 0 Å². The first-order valence-corrected chi connectivity index (χ1v) is 9.90. The van der Waals surface area contributed by atoms with Gasteiger partial charge in [0.25, 0.3) is 11.8 Å². The number of aryl methyl sites for hydroxylation is 1. The maximum absolute atomic E-state index is 13.2. The lowest BCUT2D eigenvalue weighted by Crippen LogP contribution is -2.41. The van der Waals surface area contributed by atoms with E-state index in [2.05, 4.69) is 20.2 Å². The molecule has 0 bridgehead atoms. The van der Waals surface area contributed by atoms with Crippen molar-refractivity contribution in [3.63, 3.8) is 0 Å². The summed E-state index contributed by atoms with van der Waals surface area (Å²) in [5.74, 6) is -0.493. The molecule has 1 saturated heterocycles. The Bertz CT molecular complexity index is 1180.